The van der Waals surface area contributed by atoms with Gasteiger partial charge in [-0.1, -0.05) is 39.0 Å². The number of guanidine groups is 1. The van der Waals surface area contributed by atoms with Crippen LogP contribution < -0.4 is 10.6 Å². The smallest absolute Gasteiger partial charge is 0.191 e. The second-order valence-corrected chi connectivity index (χ2v) is 5.75. The van der Waals surface area contributed by atoms with E-state index in [1.54, 1.807) is 19.2 Å². The van der Waals surface area contributed by atoms with Crippen molar-refractivity contribution in [1.29, 1.82) is 0 Å². The van der Waals surface area contributed by atoms with Crippen molar-refractivity contribution >= 4 is 29.9 Å². The van der Waals surface area contributed by atoms with E-state index >= 15 is 0 Å². The fraction of sp³-hybridized carbons (Fsp3) is 0.533. The van der Waals surface area contributed by atoms with E-state index in [0.29, 0.717) is 18.1 Å². The normalized spacial score (nSPS) is 11.8. The molecule has 0 radical (unpaired) electrons. The first-order chi connectivity index (χ1) is 8.92. The fourth-order valence-electron chi connectivity index (χ4n) is 1.60. The molecular weight excluding hydrogens is 368 g/mol. The minimum atomic E-state index is -0.194. The summed E-state index contributed by atoms with van der Waals surface area (Å²) in [6.45, 7) is 7.88. The highest BCUT2D eigenvalue weighted by Crippen LogP contribution is 2.16. The molecule has 0 aliphatic rings. The third-order valence-electron chi connectivity index (χ3n) is 2.80. The van der Waals surface area contributed by atoms with Crippen LogP contribution in [0.1, 0.15) is 32.8 Å². The summed E-state index contributed by atoms with van der Waals surface area (Å²) < 4.78 is 13.5. The van der Waals surface area contributed by atoms with E-state index in [1.165, 1.54) is 6.07 Å². The number of benzene rings is 1. The molecule has 5 heteroatoms. The molecule has 0 amide bonds. The Morgan fingerprint density at radius 1 is 1.20 bits per heavy atom. The van der Waals surface area contributed by atoms with Crippen molar-refractivity contribution in [2.75, 3.05) is 13.6 Å². The van der Waals surface area contributed by atoms with Gasteiger partial charge in [-0.25, -0.2) is 4.39 Å². The van der Waals surface area contributed by atoms with Crippen molar-refractivity contribution in [3.63, 3.8) is 0 Å². The van der Waals surface area contributed by atoms with Crippen molar-refractivity contribution in [2.24, 2.45) is 10.4 Å². The largest absolute Gasteiger partial charge is 0.356 e. The fourth-order valence-corrected chi connectivity index (χ4v) is 1.60. The van der Waals surface area contributed by atoms with E-state index < -0.39 is 0 Å². The molecule has 1 rings (SSSR count). The first-order valence-electron chi connectivity index (χ1n) is 6.60. The molecule has 20 heavy (non-hydrogen) atoms. The lowest BCUT2D eigenvalue weighted by atomic mass is 9.92. The van der Waals surface area contributed by atoms with E-state index in [2.05, 4.69) is 36.4 Å². The van der Waals surface area contributed by atoms with Gasteiger partial charge in [-0.05, 0) is 17.9 Å². The van der Waals surface area contributed by atoms with Gasteiger partial charge in [0.05, 0.1) is 0 Å². The van der Waals surface area contributed by atoms with Gasteiger partial charge in [-0.3, -0.25) is 4.99 Å². The van der Waals surface area contributed by atoms with Gasteiger partial charge in [0, 0.05) is 25.7 Å². The first kappa shape index (κ1) is 19.1. The Balaban J connectivity index is 0.00000361. The maximum Gasteiger partial charge on any atom is 0.191 e. The maximum atomic E-state index is 13.5. The van der Waals surface area contributed by atoms with Crippen molar-refractivity contribution < 1.29 is 4.39 Å². The van der Waals surface area contributed by atoms with E-state index in [0.717, 1.165) is 13.0 Å². The van der Waals surface area contributed by atoms with Crippen LogP contribution in [-0.4, -0.2) is 19.6 Å². The zero-order valence-corrected chi connectivity index (χ0v) is 15.0. The quantitative estimate of drug-likeness (QED) is 0.467. The standard InChI is InChI=1S/C15H24FN3.HI/c1-15(2,3)9-10-18-14(17-4)19-11-12-7-5-6-8-13(12)16;/h5-8H,9-11H2,1-4H3,(H2,17,18,19);1H. The molecule has 0 aliphatic heterocycles. The Hall–Kier alpha value is -0.850. The second-order valence-electron chi connectivity index (χ2n) is 5.75. The predicted molar refractivity (Wildman–Crippen MR) is 94.1 cm³/mol. The number of hydrogen-bond acceptors (Lipinski definition) is 1. The van der Waals surface area contributed by atoms with Crippen LogP contribution in [0.25, 0.3) is 0 Å². The molecule has 0 aliphatic carbocycles. The van der Waals surface area contributed by atoms with Gasteiger partial charge in [-0.2, -0.15) is 0 Å². The highest BCUT2D eigenvalue weighted by Gasteiger charge is 2.09. The van der Waals surface area contributed by atoms with Crippen LogP contribution in [-0.2, 0) is 6.54 Å². The summed E-state index contributed by atoms with van der Waals surface area (Å²) in [6.07, 6.45) is 1.05. The monoisotopic (exact) mass is 393 g/mol. The highest BCUT2D eigenvalue weighted by atomic mass is 127. The minimum Gasteiger partial charge on any atom is -0.356 e. The minimum absolute atomic E-state index is 0. The van der Waals surface area contributed by atoms with Gasteiger partial charge in [-0.15, -0.1) is 24.0 Å². The lowest BCUT2D eigenvalue weighted by Crippen LogP contribution is -2.38. The third-order valence-corrected chi connectivity index (χ3v) is 2.80. The number of aliphatic imine (C=N–C) groups is 1. The Bertz CT molecular complexity index is 427. The average molecular weight is 393 g/mol. The van der Waals surface area contributed by atoms with Crippen LogP contribution in [0, 0.1) is 11.2 Å². The molecule has 0 heterocycles. The molecule has 2 N–H and O–H groups in total. The van der Waals surface area contributed by atoms with E-state index in [-0.39, 0.29) is 35.2 Å². The van der Waals surface area contributed by atoms with Gasteiger partial charge >= 0.3 is 0 Å². The molecule has 0 aromatic heterocycles. The zero-order chi connectivity index (χ0) is 14.3. The third kappa shape index (κ3) is 7.67. The molecular formula is C15H25FIN3. The Morgan fingerprint density at radius 3 is 2.40 bits per heavy atom. The zero-order valence-electron chi connectivity index (χ0n) is 12.7. The van der Waals surface area contributed by atoms with E-state index in [4.69, 9.17) is 0 Å². The molecule has 114 valence electrons. The topological polar surface area (TPSA) is 36.4 Å². The van der Waals surface area contributed by atoms with Gasteiger partial charge in [0.1, 0.15) is 5.82 Å². The SMILES string of the molecule is CN=C(NCCC(C)(C)C)NCc1ccccc1F.I. The molecule has 0 saturated heterocycles. The molecule has 1 aromatic carbocycles. The summed E-state index contributed by atoms with van der Waals surface area (Å²) in [7, 11) is 1.72. The number of nitrogens with zero attached hydrogens (tertiary/aromatic N) is 1. The maximum absolute atomic E-state index is 13.5. The van der Waals surface area contributed by atoms with Crippen molar-refractivity contribution in [3.05, 3.63) is 35.6 Å². The van der Waals surface area contributed by atoms with Crippen LogP contribution in [0.3, 0.4) is 0 Å². The van der Waals surface area contributed by atoms with Crippen LogP contribution in [0.5, 0.6) is 0 Å². The van der Waals surface area contributed by atoms with Crippen LogP contribution in [0.15, 0.2) is 29.3 Å². The highest BCUT2D eigenvalue weighted by molar-refractivity contribution is 14.0. The van der Waals surface area contributed by atoms with Gasteiger partial charge < -0.3 is 10.6 Å². The predicted octanol–water partition coefficient (Wildman–Crippen LogP) is 3.54. The molecule has 3 nitrogen and oxygen atoms in total. The van der Waals surface area contributed by atoms with Crippen molar-refractivity contribution in [3.8, 4) is 0 Å². The number of nitrogens with one attached hydrogen (secondary N) is 2. The first-order valence-corrected chi connectivity index (χ1v) is 6.60. The van der Waals surface area contributed by atoms with Crippen LogP contribution in [0.4, 0.5) is 4.39 Å². The van der Waals surface area contributed by atoms with Crippen molar-refractivity contribution in [2.45, 2.75) is 33.7 Å². The van der Waals surface area contributed by atoms with Gasteiger partial charge in [0.2, 0.25) is 0 Å². The van der Waals surface area contributed by atoms with Crippen molar-refractivity contribution in [1.82, 2.24) is 10.6 Å². The molecule has 0 atom stereocenters. The summed E-state index contributed by atoms with van der Waals surface area (Å²) in [4.78, 5) is 4.12. The lowest BCUT2D eigenvalue weighted by Gasteiger charge is -2.19. The molecule has 0 saturated carbocycles. The van der Waals surface area contributed by atoms with Gasteiger partial charge in [0.15, 0.2) is 5.96 Å². The molecule has 0 spiro atoms. The lowest BCUT2D eigenvalue weighted by molar-refractivity contribution is 0.377. The summed E-state index contributed by atoms with van der Waals surface area (Å²) >= 11 is 0. The average Bonchev–Trinajstić information content (AvgIpc) is 2.34. The summed E-state index contributed by atoms with van der Waals surface area (Å²) in [6, 6.07) is 6.75. The van der Waals surface area contributed by atoms with E-state index in [9.17, 15) is 4.39 Å². The molecule has 0 bridgehead atoms. The Kier molecular flexibility index (Phi) is 8.76. The van der Waals surface area contributed by atoms with Gasteiger partial charge in [0.25, 0.3) is 0 Å². The number of halogens is 2. The molecule has 0 fully saturated rings. The Morgan fingerprint density at radius 2 is 1.85 bits per heavy atom. The Labute approximate surface area is 138 Å². The number of rotatable bonds is 4. The molecule has 1 aromatic rings. The summed E-state index contributed by atoms with van der Waals surface area (Å²) in [5.41, 5.74) is 0.929. The van der Waals surface area contributed by atoms with E-state index in [1.807, 2.05) is 6.07 Å². The second kappa shape index (κ2) is 9.15. The van der Waals surface area contributed by atoms with Crippen LogP contribution >= 0.6 is 24.0 Å². The number of hydrogen-bond donors (Lipinski definition) is 2. The summed E-state index contributed by atoms with van der Waals surface area (Å²) in [5.74, 6) is 0.507. The summed E-state index contributed by atoms with van der Waals surface area (Å²) in [5, 5.41) is 6.34. The van der Waals surface area contributed by atoms with Crippen LogP contribution in [0.2, 0.25) is 0 Å². The molecule has 0 unspecified atom stereocenters.